The van der Waals surface area contributed by atoms with E-state index in [2.05, 4.69) is 25.0 Å². The summed E-state index contributed by atoms with van der Waals surface area (Å²) in [5, 5.41) is 6.92. The highest BCUT2D eigenvalue weighted by molar-refractivity contribution is 5.79. The lowest BCUT2D eigenvalue weighted by Gasteiger charge is -2.41. The third-order valence-electron chi connectivity index (χ3n) is 6.14. The Morgan fingerprint density at radius 1 is 1.12 bits per heavy atom. The van der Waals surface area contributed by atoms with E-state index in [4.69, 9.17) is 4.74 Å². The Bertz CT molecular complexity index is 550. The van der Waals surface area contributed by atoms with Gasteiger partial charge in [0.1, 0.15) is 12.2 Å². The predicted octanol–water partition coefficient (Wildman–Crippen LogP) is 1.40. The van der Waals surface area contributed by atoms with Crippen LogP contribution in [0, 0.1) is 5.92 Å². The third kappa shape index (κ3) is 3.87. The summed E-state index contributed by atoms with van der Waals surface area (Å²) in [7, 11) is 0. The van der Waals surface area contributed by atoms with Crippen molar-refractivity contribution in [1.29, 1.82) is 0 Å². The Morgan fingerprint density at radius 3 is 2.64 bits per heavy atom. The summed E-state index contributed by atoms with van der Waals surface area (Å²) < 4.78 is 5.49. The predicted molar refractivity (Wildman–Crippen MR) is 93.1 cm³/mol. The topological polar surface area (TPSA) is 74.3 Å². The zero-order chi connectivity index (χ0) is 17.1. The van der Waals surface area contributed by atoms with E-state index in [9.17, 15) is 4.79 Å². The van der Waals surface area contributed by atoms with E-state index in [1.165, 1.54) is 0 Å². The highest BCUT2D eigenvalue weighted by Crippen LogP contribution is 2.28. The van der Waals surface area contributed by atoms with Crippen molar-refractivity contribution < 1.29 is 9.53 Å². The molecule has 3 saturated heterocycles. The number of ether oxygens (including phenoxy) is 1. The van der Waals surface area contributed by atoms with Gasteiger partial charge < -0.3 is 9.64 Å². The SMILES string of the molecule is O=C([C@H]1CCCN(C2CCOCC2)C1)N1CCC(c2ncn[nH]2)CC1. The molecule has 7 nitrogen and oxygen atoms in total. The van der Waals surface area contributed by atoms with Gasteiger partial charge in [-0.15, -0.1) is 0 Å². The second-order valence-electron chi connectivity index (χ2n) is 7.65. The van der Waals surface area contributed by atoms with Crippen molar-refractivity contribution in [3.63, 3.8) is 0 Å². The van der Waals surface area contributed by atoms with E-state index in [-0.39, 0.29) is 5.92 Å². The summed E-state index contributed by atoms with van der Waals surface area (Å²) in [6, 6.07) is 0.613. The van der Waals surface area contributed by atoms with Crippen LogP contribution in [0.15, 0.2) is 6.33 Å². The van der Waals surface area contributed by atoms with E-state index < -0.39 is 0 Å². The molecule has 138 valence electrons. The summed E-state index contributed by atoms with van der Waals surface area (Å²) in [5.41, 5.74) is 0. The fraction of sp³-hybridized carbons (Fsp3) is 0.833. The molecule has 1 aromatic rings. The monoisotopic (exact) mass is 347 g/mol. The number of carbonyl (C=O) groups is 1. The summed E-state index contributed by atoms with van der Waals surface area (Å²) >= 11 is 0. The zero-order valence-electron chi connectivity index (χ0n) is 14.9. The van der Waals surface area contributed by atoms with Crippen LogP contribution in [0.5, 0.6) is 0 Å². The first-order valence-electron chi connectivity index (χ1n) is 9.77. The maximum absolute atomic E-state index is 13.0. The molecular weight excluding hydrogens is 318 g/mol. The number of hydrogen-bond donors (Lipinski definition) is 1. The lowest BCUT2D eigenvalue weighted by Crippen LogP contribution is -2.50. The number of rotatable bonds is 3. The van der Waals surface area contributed by atoms with E-state index >= 15 is 0 Å². The van der Waals surface area contributed by atoms with Crippen LogP contribution in [-0.2, 0) is 9.53 Å². The minimum atomic E-state index is 0.179. The molecule has 3 fully saturated rings. The van der Waals surface area contributed by atoms with Gasteiger partial charge in [-0.05, 0) is 45.1 Å². The Balaban J connectivity index is 1.30. The minimum Gasteiger partial charge on any atom is -0.381 e. The van der Waals surface area contributed by atoms with Crippen LogP contribution in [0.3, 0.4) is 0 Å². The maximum Gasteiger partial charge on any atom is 0.226 e. The number of aromatic nitrogens is 3. The minimum absolute atomic E-state index is 0.179. The molecule has 0 aromatic carbocycles. The normalized spacial score (nSPS) is 27.5. The Morgan fingerprint density at radius 2 is 1.92 bits per heavy atom. The molecule has 1 aromatic heterocycles. The average molecular weight is 347 g/mol. The molecule has 3 aliphatic rings. The fourth-order valence-corrected chi connectivity index (χ4v) is 4.63. The first-order valence-corrected chi connectivity index (χ1v) is 9.77. The molecule has 0 radical (unpaired) electrons. The van der Waals surface area contributed by atoms with Crippen LogP contribution in [0.25, 0.3) is 0 Å². The molecule has 0 aliphatic carbocycles. The van der Waals surface area contributed by atoms with Gasteiger partial charge in [0.05, 0.1) is 5.92 Å². The Kier molecular flexibility index (Phi) is 5.31. The van der Waals surface area contributed by atoms with Crippen molar-refractivity contribution >= 4 is 5.91 Å². The van der Waals surface area contributed by atoms with Crippen molar-refractivity contribution in [2.75, 3.05) is 39.4 Å². The summed E-state index contributed by atoms with van der Waals surface area (Å²) in [5.74, 6) is 1.93. The smallest absolute Gasteiger partial charge is 0.226 e. The first kappa shape index (κ1) is 17.0. The molecule has 25 heavy (non-hydrogen) atoms. The average Bonchev–Trinajstić information content (AvgIpc) is 3.23. The number of nitrogens with zero attached hydrogens (tertiary/aromatic N) is 4. The molecule has 7 heteroatoms. The van der Waals surface area contributed by atoms with Gasteiger partial charge in [-0.25, -0.2) is 4.98 Å². The number of carbonyl (C=O) groups excluding carboxylic acids is 1. The Labute approximate surface area is 149 Å². The molecule has 4 rings (SSSR count). The van der Waals surface area contributed by atoms with Crippen molar-refractivity contribution in [1.82, 2.24) is 25.0 Å². The van der Waals surface area contributed by atoms with Gasteiger partial charge in [0.25, 0.3) is 0 Å². The quantitative estimate of drug-likeness (QED) is 0.895. The summed E-state index contributed by atoms with van der Waals surface area (Å²) in [4.78, 5) is 21.9. The number of piperidine rings is 2. The van der Waals surface area contributed by atoms with Crippen molar-refractivity contribution in [3.05, 3.63) is 12.2 Å². The van der Waals surface area contributed by atoms with Crippen LogP contribution in [0.2, 0.25) is 0 Å². The molecule has 0 spiro atoms. The molecule has 3 aliphatic heterocycles. The van der Waals surface area contributed by atoms with Gasteiger partial charge in [0.2, 0.25) is 5.91 Å². The largest absolute Gasteiger partial charge is 0.381 e. The van der Waals surface area contributed by atoms with Gasteiger partial charge in [-0.2, -0.15) is 5.10 Å². The van der Waals surface area contributed by atoms with Crippen LogP contribution in [0.4, 0.5) is 0 Å². The third-order valence-corrected chi connectivity index (χ3v) is 6.14. The highest BCUT2D eigenvalue weighted by Gasteiger charge is 2.34. The molecular formula is C18H29N5O2. The van der Waals surface area contributed by atoms with E-state index in [1.54, 1.807) is 6.33 Å². The second kappa shape index (κ2) is 7.83. The van der Waals surface area contributed by atoms with E-state index in [0.29, 0.717) is 17.9 Å². The molecule has 1 amide bonds. The fourth-order valence-electron chi connectivity index (χ4n) is 4.63. The Hall–Kier alpha value is -1.47. The lowest BCUT2D eigenvalue weighted by atomic mass is 9.91. The van der Waals surface area contributed by atoms with E-state index in [0.717, 1.165) is 83.7 Å². The summed E-state index contributed by atoms with van der Waals surface area (Å²) in [6.07, 6.45) is 7.95. The van der Waals surface area contributed by atoms with Crippen molar-refractivity contribution in [2.45, 2.75) is 50.5 Å². The van der Waals surface area contributed by atoms with Crippen LogP contribution >= 0.6 is 0 Å². The number of hydrogen-bond acceptors (Lipinski definition) is 5. The standard InChI is InChI=1S/C18H29N5O2/c24-18(22-8-3-14(4-9-22)17-19-13-20-21-17)15-2-1-7-23(12-15)16-5-10-25-11-6-16/h13-16H,1-12H2,(H,19,20,21)/t15-/m0/s1. The van der Waals surface area contributed by atoms with E-state index in [1.807, 2.05) is 0 Å². The molecule has 4 heterocycles. The number of amides is 1. The lowest BCUT2D eigenvalue weighted by molar-refractivity contribution is -0.139. The molecule has 1 atom stereocenters. The molecule has 0 unspecified atom stereocenters. The second-order valence-corrected chi connectivity index (χ2v) is 7.65. The van der Waals surface area contributed by atoms with Gasteiger partial charge in [-0.1, -0.05) is 0 Å². The van der Waals surface area contributed by atoms with Crippen LogP contribution < -0.4 is 0 Å². The molecule has 0 saturated carbocycles. The number of aromatic amines is 1. The van der Waals surface area contributed by atoms with Gasteiger partial charge in [-0.3, -0.25) is 14.8 Å². The number of nitrogens with one attached hydrogen (secondary N) is 1. The van der Waals surface area contributed by atoms with Gasteiger partial charge in [0.15, 0.2) is 0 Å². The molecule has 1 N–H and O–H groups in total. The van der Waals surface area contributed by atoms with Gasteiger partial charge >= 0.3 is 0 Å². The number of H-pyrrole nitrogens is 1. The first-order chi connectivity index (χ1) is 12.3. The number of likely N-dealkylation sites (tertiary alicyclic amines) is 2. The van der Waals surface area contributed by atoms with Crippen LogP contribution in [0.1, 0.15) is 50.3 Å². The van der Waals surface area contributed by atoms with Gasteiger partial charge in [0, 0.05) is 44.8 Å². The van der Waals surface area contributed by atoms with Crippen molar-refractivity contribution in [2.24, 2.45) is 5.92 Å². The van der Waals surface area contributed by atoms with Crippen LogP contribution in [-0.4, -0.2) is 76.3 Å². The highest BCUT2D eigenvalue weighted by atomic mass is 16.5. The zero-order valence-corrected chi connectivity index (χ0v) is 14.9. The van der Waals surface area contributed by atoms with Crippen molar-refractivity contribution in [3.8, 4) is 0 Å². The summed E-state index contributed by atoms with van der Waals surface area (Å²) in [6.45, 7) is 5.51. The molecule has 0 bridgehead atoms. The maximum atomic E-state index is 13.0.